The molecule has 2 heterocycles. The van der Waals surface area contributed by atoms with Crippen LogP contribution in [0, 0.1) is 0 Å². The molecule has 0 aromatic carbocycles. The van der Waals surface area contributed by atoms with E-state index >= 15 is 0 Å². The van der Waals surface area contributed by atoms with Crippen LogP contribution in [0.3, 0.4) is 0 Å². The third-order valence-electron chi connectivity index (χ3n) is 4.91. The Hall–Kier alpha value is -0.120. The van der Waals surface area contributed by atoms with Crippen molar-refractivity contribution in [2.24, 2.45) is 0 Å². The van der Waals surface area contributed by atoms with Gasteiger partial charge in [0.2, 0.25) is 0 Å². The van der Waals surface area contributed by atoms with Crippen molar-refractivity contribution < 1.29 is 0 Å². The molecule has 2 aliphatic rings. The first-order valence-corrected chi connectivity index (χ1v) is 7.86. The maximum atomic E-state index is 3.36. The maximum Gasteiger partial charge on any atom is 0.0235 e. The molecule has 2 aliphatic heterocycles. The average Bonchev–Trinajstić information content (AvgIpc) is 2.89. The summed E-state index contributed by atoms with van der Waals surface area (Å²) in [5.41, 5.74) is 0. The van der Waals surface area contributed by atoms with Crippen molar-refractivity contribution in [3.63, 3.8) is 0 Å². The number of likely N-dealkylation sites (tertiary alicyclic amines) is 2. The minimum Gasteiger partial charge on any atom is -0.317 e. The van der Waals surface area contributed by atoms with Crippen molar-refractivity contribution in [2.75, 3.05) is 33.2 Å². The Morgan fingerprint density at radius 2 is 1.83 bits per heavy atom. The average molecular weight is 253 g/mol. The van der Waals surface area contributed by atoms with Gasteiger partial charge in [0.25, 0.3) is 0 Å². The van der Waals surface area contributed by atoms with Crippen LogP contribution in [0.1, 0.15) is 46.0 Å². The molecule has 0 amide bonds. The topological polar surface area (TPSA) is 18.5 Å². The van der Waals surface area contributed by atoms with E-state index in [0.717, 1.165) is 12.1 Å². The van der Waals surface area contributed by atoms with E-state index < -0.39 is 0 Å². The lowest BCUT2D eigenvalue weighted by Gasteiger charge is -2.33. The number of nitrogens with one attached hydrogen (secondary N) is 1. The molecule has 2 rings (SSSR count). The molecule has 0 aromatic rings. The Bertz CT molecular complexity index is 238. The summed E-state index contributed by atoms with van der Waals surface area (Å²) in [5, 5.41) is 3.36. The van der Waals surface area contributed by atoms with E-state index in [9.17, 15) is 0 Å². The van der Waals surface area contributed by atoms with Crippen LogP contribution in [0.2, 0.25) is 0 Å². The SMILES string of the molecule is CNC(C)CC(C)N1CCC(N2CCCCC2)C1. The van der Waals surface area contributed by atoms with Gasteiger partial charge in [-0.3, -0.25) is 9.80 Å². The van der Waals surface area contributed by atoms with E-state index in [1.54, 1.807) is 0 Å². The fraction of sp³-hybridized carbons (Fsp3) is 1.00. The minimum atomic E-state index is 0.633. The molecule has 3 heteroatoms. The first kappa shape index (κ1) is 14.3. The van der Waals surface area contributed by atoms with Crippen LogP contribution in [-0.4, -0.2) is 61.2 Å². The molecule has 0 saturated carbocycles. The Kier molecular flexibility index (Phi) is 5.46. The highest BCUT2D eigenvalue weighted by atomic mass is 15.3. The fourth-order valence-electron chi connectivity index (χ4n) is 3.53. The molecule has 0 spiro atoms. The van der Waals surface area contributed by atoms with Crippen LogP contribution in [-0.2, 0) is 0 Å². The maximum absolute atomic E-state index is 3.36. The summed E-state index contributed by atoms with van der Waals surface area (Å²) >= 11 is 0. The van der Waals surface area contributed by atoms with Crippen molar-refractivity contribution in [3.8, 4) is 0 Å². The van der Waals surface area contributed by atoms with Gasteiger partial charge in [-0.25, -0.2) is 0 Å². The Balaban J connectivity index is 1.76. The van der Waals surface area contributed by atoms with E-state index in [1.165, 1.54) is 58.3 Å². The summed E-state index contributed by atoms with van der Waals surface area (Å²) in [4.78, 5) is 5.45. The fourth-order valence-corrected chi connectivity index (χ4v) is 3.53. The summed E-state index contributed by atoms with van der Waals surface area (Å²) in [6.07, 6.45) is 6.94. The van der Waals surface area contributed by atoms with E-state index in [2.05, 4.69) is 36.0 Å². The summed E-state index contributed by atoms with van der Waals surface area (Å²) < 4.78 is 0. The van der Waals surface area contributed by atoms with Crippen molar-refractivity contribution in [1.29, 1.82) is 0 Å². The molecule has 106 valence electrons. The van der Waals surface area contributed by atoms with Gasteiger partial charge in [0.1, 0.15) is 0 Å². The van der Waals surface area contributed by atoms with Gasteiger partial charge >= 0.3 is 0 Å². The van der Waals surface area contributed by atoms with E-state index in [1.807, 2.05) is 0 Å². The standard InChI is InChI=1S/C15H31N3/c1-13(16-3)11-14(2)18-10-7-15(12-18)17-8-5-4-6-9-17/h13-16H,4-12H2,1-3H3. The monoisotopic (exact) mass is 253 g/mol. The highest BCUT2D eigenvalue weighted by Gasteiger charge is 2.30. The predicted octanol–water partition coefficient (Wildman–Crippen LogP) is 1.93. The zero-order chi connectivity index (χ0) is 13.0. The molecule has 0 aromatic heterocycles. The molecular formula is C15H31N3. The predicted molar refractivity (Wildman–Crippen MR) is 78.0 cm³/mol. The largest absolute Gasteiger partial charge is 0.317 e. The van der Waals surface area contributed by atoms with Gasteiger partial charge in [-0.15, -0.1) is 0 Å². The lowest BCUT2D eigenvalue weighted by Crippen LogP contribution is -2.43. The number of rotatable bonds is 5. The molecule has 3 unspecified atom stereocenters. The van der Waals surface area contributed by atoms with Gasteiger partial charge in [-0.05, 0) is 59.7 Å². The lowest BCUT2D eigenvalue weighted by molar-refractivity contribution is 0.151. The minimum absolute atomic E-state index is 0.633. The number of hydrogen-bond donors (Lipinski definition) is 1. The quantitative estimate of drug-likeness (QED) is 0.808. The van der Waals surface area contributed by atoms with Gasteiger partial charge in [0.05, 0.1) is 0 Å². The van der Waals surface area contributed by atoms with Crippen LogP contribution in [0.25, 0.3) is 0 Å². The second-order valence-corrected chi connectivity index (χ2v) is 6.31. The zero-order valence-electron chi connectivity index (χ0n) is 12.5. The Morgan fingerprint density at radius 3 is 2.50 bits per heavy atom. The van der Waals surface area contributed by atoms with Crippen molar-refractivity contribution >= 4 is 0 Å². The van der Waals surface area contributed by atoms with Crippen LogP contribution >= 0.6 is 0 Å². The summed E-state index contributed by atoms with van der Waals surface area (Å²) in [6, 6.07) is 2.20. The van der Waals surface area contributed by atoms with Gasteiger partial charge < -0.3 is 5.32 Å². The Labute approximate surface area is 113 Å². The molecule has 0 aliphatic carbocycles. The second-order valence-electron chi connectivity index (χ2n) is 6.31. The highest BCUT2D eigenvalue weighted by Crippen LogP contribution is 2.22. The highest BCUT2D eigenvalue weighted by molar-refractivity contribution is 4.87. The van der Waals surface area contributed by atoms with Crippen LogP contribution in [0.15, 0.2) is 0 Å². The molecule has 0 bridgehead atoms. The molecule has 18 heavy (non-hydrogen) atoms. The van der Waals surface area contributed by atoms with Gasteiger partial charge in [0, 0.05) is 31.2 Å². The smallest absolute Gasteiger partial charge is 0.0235 e. The molecule has 0 radical (unpaired) electrons. The van der Waals surface area contributed by atoms with E-state index in [0.29, 0.717) is 6.04 Å². The molecule has 2 fully saturated rings. The van der Waals surface area contributed by atoms with Crippen LogP contribution in [0.5, 0.6) is 0 Å². The summed E-state index contributed by atoms with van der Waals surface area (Å²) in [6.45, 7) is 9.98. The third-order valence-corrected chi connectivity index (χ3v) is 4.91. The lowest BCUT2D eigenvalue weighted by atomic mass is 10.1. The van der Waals surface area contributed by atoms with Crippen LogP contribution < -0.4 is 5.32 Å². The number of hydrogen-bond acceptors (Lipinski definition) is 3. The van der Waals surface area contributed by atoms with E-state index in [-0.39, 0.29) is 0 Å². The second kappa shape index (κ2) is 6.88. The summed E-state index contributed by atoms with van der Waals surface area (Å²) in [7, 11) is 2.07. The third kappa shape index (κ3) is 3.69. The number of nitrogens with zero attached hydrogens (tertiary/aromatic N) is 2. The first-order valence-electron chi connectivity index (χ1n) is 7.86. The molecular weight excluding hydrogens is 222 g/mol. The summed E-state index contributed by atoms with van der Waals surface area (Å²) in [5.74, 6) is 0. The normalized spacial score (nSPS) is 30.5. The molecule has 3 atom stereocenters. The number of piperidine rings is 1. The molecule has 1 N–H and O–H groups in total. The van der Waals surface area contributed by atoms with Gasteiger partial charge in [-0.1, -0.05) is 6.42 Å². The van der Waals surface area contributed by atoms with Crippen molar-refractivity contribution in [2.45, 2.75) is 64.1 Å². The first-order chi connectivity index (χ1) is 8.70. The zero-order valence-corrected chi connectivity index (χ0v) is 12.5. The van der Waals surface area contributed by atoms with Crippen molar-refractivity contribution in [3.05, 3.63) is 0 Å². The Morgan fingerprint density at radius 1 is 1.11 bits per heavy atom. The van der Waals surface area contributed by atoms with Crippen LogP contribution in [0.4, 0.5) is 0 Å². The van der Waals surface area contributed by atoms with Crippen molar-refractivity contribution in [1.82, 2.24) is 15.1 Å². The van der Waals surface area contributed by atoms with E-state index in [4.69, 9.17) is 0 Å². The van der Waals surface area contributed by atoms with Gasteiger partial charge in [-0.2, -0.15) is 0 Å². The molecule has 3 nitrogen and oxygen atoms in total. The van der Waals surface area contributed by atoms with Gasteiger partial charge in [0.15, 0.2) is 0 Å². The molecule has 2 saturated heterocycles.